The van der Waals surface area contributed by atoms with Crippen LogP contribution in [0.4, 0.5) is 0 Å². The Balaban J connectivity index is 2.00. The second-order valence-electron chi connectivity index (χ2n) is 5.25. The molecule has 18 heavy (non-hydrogen) atoms. The fourth-order valence-corrected chi connectivity index (χ4v) is 3.00. The van der Waals surface area contributed by atoms with Crippen molar-refractivity contribution in [3.8, 4) is 0 Å². The molecule has 0 aliphatic heterocycles. The molecule has 0 saturated heterocycles. The van der Waals surface area contributed by atoms with Crippen molar-refractivity contribution >= 4 is 9.84 Å². The predicted octanol–water partition coefficient (Wildman–Crippen LogP) is 2.51. The van der Waals surface area contributed by atoms with Gasteiger partial charge in [0.15, 0.2) is 9.84 Å². The van der Waals surface area contributed by atoms with Crippen LogP contribution in [0.2, 0.25) is 0 Å². The molecule has 1 aromatic carbocycles. The van der Waals surface area contributed by atoms with Crippen LogP contribution in [0.3, 0.4) is 0 Å². The summed E-state index contributed by atoms with van der Waals surface area (Å²) in [6.07, 6.45) is 3.85. The first-order chi connectivity index (χ1) is 8.50. The minimum absolute atomic E-state index is 0.364. The zero-order valence-corrected chi connectivity index (χ0v) is 11.8. The predicted molar refractivity (Wildman–Crippen MR) is 73.2 cm³/mol. The van der Waals surface area contributed by atoms with Gasteiger partial charge in [0.25, 0.3) is 0 Å². The van der Waals surface area contributed by atoms with Crippen LogP contribution in [0, 0.1) is 0 Å². The maximum atomic E-state index is 11.9. The fraction of sp³-hybridized carbons (Fsp3) is 0.571. The average molecular weight is 267 g/mol. The second kappa shape index (κ2) is 5.41. The highest BCUT2D eigenvalue weighted by Gasteiger charge is 2.19. The van der Waals surface area contributed by atoms with E-state index in [0.29, 0.717) is 10.9 Å². The van der Waals surface area contributed by atoms with Gasteiger partial charge in [-0.2, -0.15) is 0 Å². The summed E-state index contributed by atoms with van der Waals surface area (Å²) in [5.41, 5.74) is 1.14. The molecule has 0 radical (unpaired) electrons. The molecule has 100 valence electrons. The first-order valence-electron chi connectivity index (χ1n) is 6.56. The summed E-state index contributed by atoms with van der Waals surface area (Å²) in [6.45, 7) is 4.25. The number of sulfone groups is 1. The Labute approximate surface area is 110 Å². The molecule has 0 unspecified atom stereocenters. The zero-order chi connectivity index (χ0) is 13.2. The summed E-state index contributed by atoms with van der Waals surface area (Å²) in [6, 6.07) is 7.89. The highest BCUT2D eigenvalue weighted by atomic mass is 32.2. The summed E-state index contributed by atoms with van der Waals surface area (Å²) >= 11 is 0. The largest absolute Gasteiger partial charge is 0.310 e. The van der Waals surface area contributed by atoms with Crippen molar-refractivity contribution in [1.29, 1.82) is 0 Å². The van der Waals surface area contributed by atoms with Gasteiger partial charge in [-0.15, -0.1) is 0 Å². The van der Waals surface area contributed by atoms with E-state index in [1.807, 2.05) is 12.1 Å². The van der Waals surface area contributed by atoms with E-state index in [0.717, 1.165) is 12.1 Å². The molecule has 3 nitrogen and oxygen atoms in total. The highest BCUT2D eigenvalue weighted by Crippen LogP contribution is 2.19. The summed E-state index contributed by atoms with van der Waals surface area (Å²) in [4.78, 5) is 0.421. The van der Waals surface area contributed by atoms with Gasteiger partial charge in [-0.3, -0.25) is 0 Å². The van der Waals surface area contributed by atoms with Gasteiger partial charge in [0.2, 0.25) is 0 Å². The van der Waals surface area contributed by atoms with Crippen molar-refractivity contribution < 1.29 is 8.42 Å². The smallest absolute Gasteiger partial charge is 0.180 e. The number of hydrogen-bond donors (Lipinski definition) is 1. The van der Waals surface area contributed by atoms with Crippen LogP contribution >= 0.6 is 0 Å². The van der Waals surface area contributed by atoms with E-state index in [1.54, 1.807) is 26.0 Å². The van der Waals surface area contributed by atoms with Gasteiger partial charge < -0.3 is 5.32 Å². The minimum atomic E-state index is -3.14. The van der Waals surface area contributed by atoms with Gasteiger partial charge in [0.05, 0.1) is 10.1 Å². The Hall–Kier alpha value is -0.870. The highest BCUT2D eigenvalue weighted by molar-refractivity contribution is 7.92. The van der Waals surface area contributed by atoms with Gasteiger partial charge >= 0.3 is 0 Å². The molecule has 0 atom stereocenters. The van der Waals surface area contributed by atoms with E-state index in [4.69, 9.17) is 0 Å². The number of hydrogen-bond acceptors (Lipinski definition) is 3. The maximum Gasteiger partial charge on any atom is 0.180 e. The van der Waals surface area contributed by atoms with E-state index in [2.05, 4.69) is 5.32 Å². The van der Waals surface area contributed by atoms with Crippen molar-refractivity contribution in [2.45, 2.75) is 55.8 Å². The van der Waals surface area contributed by atoms with Crippen molar-refractivity contribution in [1.82, 2.24) is 5.32 Å². The number of benzene rings is 1. The third-order valence-corrected chi connectivity index (χ3v) is 5.74. The molecular weight excluding hydrogens is 246 g/mol. The first-order valence-corrected chi connectivity index (χ1v) is 8.11. The Morgan fingerprint density at radius 2 is 1.83 bits per heavy atom. The third-order valence-electron chi connectivity index (χ3n) is 3.57. The van der Waals surface area contributed by atoms with Crippen LogP contribution in [0.25, 0.3) is 0 Å². The fourth-order valence-electron chi connectivity index (χ4n) is 1.94. The van der Waals surface area contributed by atoms with Gasteiger partial charge in [-0.1, -0.05) is 18.6 Å². The van der Waals surface area contributed by atoms with Crippen molar-refractivity contribution in [2.24, 2.45) is 0 Å². The molecule has 0 heterocycles. The zero-order valence-electron chi connectivity index (χ0n) is 11.0. The van der Waals surface area contributed by atoms with Crippen molar-refractivity contribution in [3.63, 3.8) is 0 Å². The SMILES string of the molecule is CC(C)S(=O)(=O)c1ccc(CNC2CCC2)cc1. The van der Waals surface area contributed by atoms with Gasteiger partial charge in [-0.25, -0.2) is 8.42 Å². The Morgan fingerprint density at radius 3 is 2.28 bits per heavy atom. The molecule has 1 N–H and O–H groups in total. The van der Waals surface area contributed by atoms with Crippen LogP contribution in [0.15, 0.2) is 29.2 Å². The van der Waals surface area contributed by atoms with Crippen molar-refractivity contribution in [2.75, 3.05) is 0 Å². The monoisotopic (exact) mass is 267 g/mol. The molecule has 1 aromatic rings. The van der Waals surface area contributed by atoms with E-state index < -0.39 is 9.84 Å². The summed E-state index contributed by atoms with van der Waals surface area (Å²) in [5.74, 6) is 0. The van der Waals surface area contributed by atoms with Gasteiger partial charge in [0.1, 0.15) is 0 Å². The first kappa shape index (κ1) is 13.6. The summed E-state index contributed by atoms with van der Waals surface area (Å²) in [5, 5.41) is 3.10. The number of nitrogens with one attached hydrogen (secondary N) is 1. The molecule has 1 aliphatic carbocycles. The van der Waals surface area contributed by atoms with E-state index in [1.165, 1.54) is 19.3 Å². The minimum Gasteiger partial charge on any atom is -0.310 e. The molecule has 0 amide bonds. The van der Waals surface area contributed by atoms with Gasteiger partial charge in [-0.05, 0) is 44.4 Å². The molecule has 0 spiro atoms. The average Bonchev–Trinajstić information content (AvgIpc) is 2.27. The lowest BCUT2D eigenvalue weighted by molar-refractivity contribution is 0.338. The normalized spacial score (nSPS) is 16.8. The molecule has 1 saturated carbocycles. The third kappa shape index (κ3) is 2.93. The van der Waals surface area contributed by atoms with Crippen LogP contribution in [0.5, 0.6) is 0 Å². The molecular formula is C14H21NO2S. The molecule has 4 heteroatoms. The van der Waals surface area contributed by atoms with E-state index in [9.17, 15) is 8.42 Å². The van der Waals surface area contributed by atoms with Gasteiger partial charge in [0, 0.05) is 12.6 Å². The summed E-state index contributed by atoms with van der Waals surface area (Å²) < 4.78 is 23.9. The van der Waals surface area contributed by atoms with Crippen LogP contribution in [-0.2, 0) is 16.4 Å². The van der Waals surface area contributed by atoms with E-state index in [-0.39, 0.29) is 5.25 Å². The standard InChI is InChI=1S/C14H21NO2S/c1-11(2)18(16,17)14-8-6-12(7-9-14)10-15-13-4-3-5-13/h6-9,11,13,15H,3-5,10H2,1-2H3. The van der Waals surface area contributed by atoms with Crippen LogP contribution in [0.1, 0.15) is 38.7 Å². The Kier molecular flexibility index (Phi) is 4.07. The lowest BCUT2D eigenvalue weighted by atomic mass is 9.93. The lowest BCUT2D eigenvalue weighted by Gasteiger charge is -2.26. The maximum absolute atomic E-state index is 11.9. The van der Waals surface area contributed by atoms with Crippen LogP contribution in [-0.4, -0.2) is 19.7 Å². The quantitative estimate of drug-likeness (QED) is 0.891. The van der Waals surface area contributed by atoms with Crippen molar-refractivity contribution in [3.05, 3.63) is 29.8 Å². The molecule has 2 rings (SSSR count). The number of rotatable bonds is 5. The molecule has 0 aromatic heterocycles. The van der Waals surface area contributed by atoms with E-state index >= 15 is 0 Å². The molecule has 0 bridgehead atoms. The van der Waals surface area contributed by atoms with Crippen LogP contribution < -0.4 is 5.32 Å². The lowest BCUT2D eigenvalue weighted by Crippen LogP contribution is -2.34. The second-order valence-corrected chi connectivity index (χ2v) is 7.75. The Morgan fingerprint density at radius 1 is 1.22 bits per heavy atom. The topological polar surface area (TPSA) is 46.2 Å². The molecule has 1 fully saturated rings. The molecule has 1 aliphatic rings. The summed E-state index contributed by atoms with van der Waals surface area (Å²) in [7, 11) is -3.14. The Bertz CT molecular complexity index is 487.